The molecule has 2 atom stereocenters. The first-order valence-electron chi connectivity index (χ1n) is 11.6. The first kappa shape index (κ1) is 28.8. The van der Waals surface area contributed by atoms with Crippen LogP contribution in [0.3, 0.4) is 0 Å². The number of non-ortho nitro benzene ring substituents is 1. The summed E-state index contributed by atoms with van der Waals surface area (Å²) in [5.74, 6) is -0.971. The second kappa shape index (κ2) is 12.0. The highest BCUT2D eigenvalue weighted by molar-refractivity contribution is 7.92. The van der Waals surface area contributed by atoms with Crippen LogP contribution in [0.15, 0.2) is 42.5 Å². The molecule has 0 aliphatic carbocycles. The minimum Gasteiger partial charge on any atom is -0.352 e. The summed E-state index contributed by atoms with van der Waals surface area (Å²) >= 11 is 0. The van der Waals surface area contributed by atoms with Gasteiger partial charge in [-0.25, -0.2) is 8.42 Å². The van der Waals surface area contributed by atoms with E-state index in [1.165, 1.54) is 17.0 Å². The van der Waals surface area contributed by atoms with Crippen LogP contribution >= 0.6 is 0 Å². The normalized spacial score (nSPS) is 12.9. The Morgan fingerprint density at radius 1 is 1.08 bits per heavy atom. The summed E-state index contributed by atoms with van der Waals surface area (Å²) in [6.45, 7) is 8.37. The fourth-order valence-electron chi connectivity index (χ4n) is 3.51. The fraction of sp³-hybridized carbons (Fsp3) is 0.440. The molecular formula is C25H34N4O6S. The zero-order valence-electron chi connectivity index (χ0n) is 21.5. The lowest BCUT2D eigenvalue weighted by molar-refractivity contribution is -0.384. The van der Waals surface area contributed by atoms with E-state index in [1.54, 1.807) is 13.8 Å². The number of amides is 2. The van der Waals surface area contributed by atoms with E-state index in [4.69, 9.17) is 0 Å². The number of nitro benzene ring substituents is 1. The van der Waals surface area contributed by atoms with E-state index in [1.807, 2.05) is 45.0 Å². The van der Waals surface area contributed by atoms with Crippen LogP contribution in [-0.2, 0) is 26.2 Å². The van der Waals surface area contributed by atoms with E-state index < -0.39 is 33.4 Å². The van der Waals surface area contributed by atoms with Gasteiger partial charge in [-0.1, -0.05) is 42.8 Å². The molecule has 2 amide bonds. The van der Waals surface area contributed by atoms with Crippen molar-refractivity contribution in [3.05, 3.63) is 69.3 Å². The van der Waals surface area contributed by atoms with Gasteiger partial charge < -0.3 is 10.2 Å². The van der Waals surface area contributed by atoms with Gasteiger partial charge in [0.25, 0.3) is 5.69 Å². The lowest BCUT2D eigenvalue weighted by atomic mass is 10.1. The second-order valence-corrected chi connectivity index (χ2v) is 10.9. The number of benzene rings is 2. The van der Waals surface area contributed by atoms with Crippen molar-refractivity contribution >= 4 is 33.2 Å². The van der Waals surface area contributed by atoms with E-state index >= 15 is 0 Å². The molecule has 36 heavy (non-hydrogen) atoms. The third-order valence-corrected chi connectivity index (χ3v) is 7.12. The molecule has 0 saturated heterocycles. The molecule has 0 fully saturated rings. The molecule has 11 heteroatoms. The van der Waals surface area contributed by atoms with Crippen molar-refractivity contribution in [2.75, 3.05) is 17.1 Å². The highest BCUT2D eigenvalue weighted by Crippen LogP contribution is 2.28. The zero-order valence-corrected chi connectivity index (χ0v) is 22.3. The quantitative estimate of drug-likeness (QED) is 0.359. The van der Waals surface area contributed by atoms with Crippen molar-refractivity contribution in [1.82, 2.24) is 10.2 Å². The topological polar surface area (TPSA) is 130 Å². The summed E-state index contributed by atoms with van der Waals surface area (Å²) in [5.41, 5.74) is 1.99. The maximum Gasteiger partial charge on any atom is 0.271 e. The Hall–Kier alpha value is -3.47. The smallest absolute Gasteiger partial charge is 0.271 e. The molecule has 2 aromatic rings. The molecule has 0 heterocycles. The van der Waals surface area contributed by atoms with E-state index in [0.29, 0.717) is 12.0 Å². The number of sulfonamides is 1. The summed E-state index contributed by atoms with van der Waals surface area (Å²) in [7, 11) is -4.00. The lowest BCUT2D eigenvalue weighted by Gasteiger charge is -2.32. The lowest BCUT2D eigenvalue weighted by Crippen LogP contribution is -2.52. The van der Waals surface area contributed by atoms with Crippen molar-refractivity contribution in [2.24, 2.45) is 0 Å². The molecule has 0 aliphatic rings. The predicted molar refractivity (Wildman–Crippen MR) is 139 cm³/mol. The monoisotopic (exact) mass is 518 g/mol. The Bertz CT molecular complexity index is 1210. The number of hydrogen-bond donors (Lipinski definition) is 1. The van der Waals surface area contributed by atoms with Gasteiger partial charge in [0.15, 0.2) is 0 Å². The molecule has 1 N–H and O–H groups in total. The maximum absolute atomic E-state index is 13.6. The number of anilines is 1. The Morgan fingerprint density at radius 2 is 1.69 bits per heavy atom. The Kier molecular flexibility index (Phi) is 9.57. The van der Waals surface area contributed by atoms with Gasteiger partial charge in [-0.15, -0.1) is 0 Å². The molecule has 2 aromatic carbocycles. The summed E-state index contributed by atoms with van der Waals surface area (Å²) in [4.78, 5) is 38.5. The van der Waals surface area contributed by atoms with Gasteiger partial charge in [-0.05, 0) is 45.2 Å². The van der Waals surface area contributed by atoms with Gasteiger partial charge >= 0.3 is 0 Å². The SMILES string of the molecule is CC[C@@H](C)NC(=O)[C@@H](C)N(Cc1ccc(C)cc1)C(=O)CN(c1cc([N+](=O)[O-])ccc1C)S(C)(=O)=O. The standard InChI is InChI=1S/C25H34N4O6S/c1-7-19(4)26-25(31)20(5)27(15-21-11-8-17(2)9-12-21)24(30)16-28(36(6,34)35)23-14-22(29(32)33)13-10-18(23)3/h8-14,19-20H,7,15-16H2,1-6H3,(H,26,31)/t19-,20-/m1/s1. The van der Waals surface area contributed by atoms with Crippen LogP contribution in [0.25, 0.3) is 0 Å². The molecule has 0 unspecified atom stereocenters. The van der Waals surface area contributed by atoms with Gasteiger partial charge in [0.1, 0.15) is 12.6 Å². The van der Waals surface area contributed by atoms with Crippen LogP contribution in [0.4, 0.5) is 11.4 Å². The predicted octanol–water partition coefficient (Wildman–Crippen LogP) is 3.31. The minimum absolute atomic E-state index is 0.0343. The Balaban J connectivity index is 2.47. The van der Waals surface area contributed by atoms with Crippen molar-refractivity contribution < 1.29 is 22.9 Å². The number of rotatable bonds is 11. The number of nitrogens with one attached hydrogen (secondary N) is 1. The summed E-state index contributed by atoms with van der Waals surface area (Å²) < 4.78 is 26.3. The van der Waals surface area contributed by atoms with E-state index in [2.05, 4.69) is 5.32 Å². The van der Waals surface area contributed by atoms with Crippen LogP contribution in [-0.4, -0.2) is 54.9 Å². The van der Waals surface area contributed by atoms with Gasteiger partial charge in [0.2, 0.25) is 21.8 Å². The van der Waals surface area contributed by atoms with Crippen molar-refractivity contribution in [3.8, 4) is 0 Å². The molecule has 0 saturated carbocycles. The second-order valence-electron chi connectivity index (χ2n) is 9.00. The van der Waals surface area contributed by atoms with Gasteiger partial charge in [-0.2, -0.15) is 0 Å². The fourth-order valence-corrected chi connectivity index (χ4v) is 4.41. The first-order valence-corrected chi connectivity index (χ1v) is 13.5. The molecule has 0 bridgehead atoms. The molecule has 0 spiro atoms. The average Bonchev–Trinajstić information content (AvgIpc) is 2.81. The molecule has 196 valence electrons. The minimum atomic E-state index is -4.00. The molecule has 0 radical (unpaired) electrons. The molecular weight excluding hydrogens is 484 g/mol. The van der Waals surface area contributed by atoms with Crippen molar-refractivity contribution in [2.45, 2.75) is 59.7 Å². The number of hydrogen-bond acceptors (Lipinski definition) is 6. The highest BCUT2D eigenvalue weighted by atomic mass is 32.2. The first-order chi connectivity index (χ1) is 16.7. The average molecular weight is 519 g/mol. The van der Waals surface area contributed by atoms with Crippen LogP contribution in [0.2, 0.25) is 0 Å². The van der Waals surface area contributed by atoms with Gasteiger partial charge in [-0.3, -0.25) is 24.0 Å². The van der Waals surface area contributed by atoms with Crippen LogP contribution < -0.4 is 9.62 Å². The molecule has 0 aromatic heterocycles. The van der Waals surface area contributed by atoms with Crippen LogP contribution in [0, 0.1) is 24.0 Å². The van der Waals surface area contributed by atoms with Crippen LogP contribution in [0.5, 0.6) is 0 Å². The third kappa shape index (κ3) is 7.51. The van der Waals surface area contributed by atoms with Crippen molar-refractivity contribution in [1.29, 1.82) is 0 Å². The maximum atomic E-state index is 13.6. The molecule has 0 aliphatic heterocycles. The van der Waals surface area contributed by atoms with Crippen molar-refractivity contribution in [3.63, 3.8) is 0 Å². The Morgan fingerprint density at radius 3 is 2.22 bits per heavy atom. The molecule has 10 nitrogen and oxygen atoms in total. The third-order valence-electron chi connectivity index (χ3n) is 5.99. The number of aryl methyl sites for hydroxylation is 2. The van der Waals surface area contributed by atoms with Gasteiger partial charge in [0.05, 0.1) is 16.9 Å². The van der Waals surface area contributed by atoms with Crippen LogP contribution in [0.1, 0.15) is 43.9 Å². The van der Waals surface area contributed by atoms with E-state index in [-0.39, 0.29) is 29.9 Å². The molecule has 2 rings (SSSR count). The highest BCUT2D eigenvalue weighted by Gasteiger charge is 2.31. The van der Waals surface area contributed by atoms with E-state index in [0.717, 1.165) is 27.8 Å². The zero-order chi connectivity index (χ0) is 27.2. The number of nitrogens with zero attached hydrogens (tertiary/aromatic N) is 3. The number of carbonyl (C=O) groups is 2. The van der Waals surface area contributed by atoms with E-state index in [9.17, 15) is 28.1 Å². The number of nitro groups is 1. The summed E-state index contributed by atoms with van der Waals surface area (Å²) in [6, 6.07) is 10.3. The number of carbonyl (C=O) groups excluding carboxylic acids is 2. The summed E-state index contributed by atoms with van der Waals surface area (Å²) in [5, 5.41) is 14.2. The Labute approximate surface area is 212 Å². The van der Waals surface area contributed by atoms with Gasteiger partial charge in [0, 0.05) is 24.7 Å². The largest absolute Gasteiger partial charge is 0.352 e. The summed E-state index contributed by atoms with van der Waals surface area (Å²) in [6.07, 6.45) is 1.64.